The summed E-state index contributed by atoms with van der Waals surface area (Å²) in [5.74, 6) is 0.463. The van der Waals surface area contributed by atoms with E-state index in [1.807, 2.05) is 6.07 Å². The van der Waals surface area contributed by atoms with Crippen molar-refractivity contribution in [3.63, 3.8) is 0 Å². The summed E-state index contributed by atoms with van der Waals surface area (Å²) >= 11 is 5.85. The summed E-state index contributed by atoms with van der Waals surface area (Å²) in [5.41, 5.74) is 1.48. The van der Waals surface area contributed by atoms with E-state index in [1.165, 1.54) is 0 Å². The fourth-order valence-electron chi connectivity index (χ4n) is 2.66. The van der Waals surface area contributed by atoms with Gasteiger partial charge in [0.1, 0.15) is 5.84 Å². The molecule has 0 saturated heterocycles. The average molecular weight is 375 g/mol. The molecule has 3 rings (SSSR count). The van der Waals surface area contributed by atoms with Crippen LogP contribution in [0.5, 0.6) is 0 Å². The summed E-state index contributed by atoms with van der Waals surface area (Å²) in [6.45, 7) is 0. The summed E-state index contributed by atoms with van der Waals surface area (Å²) in [7, 11) is 0. The van der Waals surface area contributed by atoms with Crippen molar-refractivity contribution < 1.29 is 13.2 Å². The fraction of sp³-hybridized carbons (Fsp3) is 0.235. The lowest BCUT2D eigenvalue weighted by atomic mass is 9.98. The van der Waals surface area contributed by atoms with Gasteiger partial charge < -0.3 is 5.32 Å². The lowest BCUT2D eigenvalue weighted by molar-refractivity contribution is -0.139. The van der Waals surface area contributed by atoms with Crippen LogP contribution in [-0.2, 0) is 0 Å². The molecule has 0 aliphatic carbocycles. The molecule has 0 bridgehead atoms. The van der Waals surface area contributed by atoms with E-state index in [1.54, 1.807) is 48.5 Å². The molecule has 1 heterocycles. The van der Waals surface area contributed by atoms with E-state index in [4.69, 9.17) is 11.6 Å². The Morgan fingerprint density at radius 2 is 1.62 bits per heavy atom. The molecule has 1 aliphatic rings. The standard InChI is InChI=1S/C17H14ClF3N2.ClH/c18-13-8-6-12(7-9-13)16-22-14(10-17(19,20)21)15(23-16)11-4-2-1-3-5-11;/h1-9,14-15H,10H2,(H,22,23);1H/t14-,15+;/m0./s1. The van der Waals surface area contributed by atoms with E-state index in [0.29, 0.717) is 10.9 Å². The minimum atomic E-state index is -4.25. The molecule has 0 amide bonds. The Morgan fingerprint density at radius 3 is 2.21 bits per heavy atom. The lowest BCUT2D eigenvalue weighted by Crippen LogP contribution is -2.36. The maximum absolute atomic E-state index is 12.9. The van der Waals surface area contributed by atoms with Crippen LogP contribution in [0.25, 0.3) is 0 Å². The molecule has 1 N–H and O–H groups in total. The van der Waals surface area contributed by atoms with Crippen molar-refractivity contribution >= 4 is 29.8 Å². The zero-order valence-corrected chi connectivity index (χ0v) is 14.0. The molecule has 0 radical (unpaired) electrons. The van der Waals surface area contributed by atoms with E-state index < -0.39 is 24.7 Å². The topological polar surface area (TPSA) is 24.4 Å². The van der Waals surface area contributed by atoms with Crippen LogP contribution in [0.2, 0.25) is 5.02 Å². The molecule has 24 heavy (non-hydrogen) atoms. The van der Waals surface area contributed by atoms with Crippen LogP contribution in [0.15, 0.2) is 59.6 Å². The first-order valence-corrected chi connectivity index (χ1v) is 7.52. The molecule has 2 aromatic rings. The zero-order chi connectivity index (χ0) is 16.4. The average Bonchev–Trinajstić information content (AvgIpc) is 2.90. The number of hydrogen-bond acceptors (Lipinski definition) is 2. The summed E-state index contributed by atoms with van der Waals surface area (Å²) in [6.07, 6.45) is -5.19. The van der Waals surface area contributed by atoms with E-state index in [-0.39, 0.29) is 12.4 Å². The fourth-order valence-corrected chi connectivity index (χ4v) is 2.78. The Morgan fingerprint density at radius 1 is 1.00 bits per heavy atom. The van der Waals surface area contributed by atoms with Crippen molar-refractivity contribution in [2.24, 2.45) is 4.99 Å². The molecule has 128 valence electrons. The second-order valence-corrected chi connectivity index (χ2v) is 5.85. The third-order valence-electron chi connectivity index (χ3n) is 3.68. The molecule has 0 spiro atoms. The Kier molecular flexibility index (Phi) is 5.78. The first kappa shape index (κ1) is 18.6. The predicted molar refractivity (Wildman–Crippen MR) is 92.0 cm³/mol. The SMILES string of the molecule is Cl.FC(F)(F)C[C@@H]1NC(c2ccc(Cl)cc2)=N[C@@H]1c1ccccc1. The first-order valence-electron chi connectivity index (χ1n) is 7.14. The van der Waals surface area contributed by atoms with E-state index in [9.17, 15) is 13.2 Å². The zero-order valence-electron chi connectivity index (χ0n) is 12.4. The van der Waals surface area contributed by atoms with Gasteiger partial charge in [-0.05, 0) is 29.8 Å². The van der Waals surface area contributed by atoms with Gasteiger partial charge >= 0.3 is 6.18 Å². The van der Waals surface area contributed by atoms with Gasteiger partial charge in [-0.2, -0.15) is 13.2 Å². The number of hydrogen-bond donors (Lipinski definition) is 1. The highest BCUT2D eigenvalue weighted by Crippen LogP contribution is 2.34. The van der Waals surface area contributed by atoms with Crippen molar-refractivity contribution in [1.29, 1.82) is 0 Å². The highest BCUT2D eigenvalue weighted by molar-refractivity contribution is 6.30. The van der Waals surface area contributed by atoms with Gasteiger partial charge in [0, 0.05) is 10.6 Å². The number of rotatable bonds is 3. The molecule has 0 fully saturated rings. The van der Waals surface area contributed by atoms with Gasteiger partial charge in [0.05, 0.1) is 18.5 Å². The van der Waals surface area contributed by atoms with Gasteiger partial charge in [-0.15, -0.1) is 12.4 Å². The Balaban J connectivity index is 0.00000208. The van der Waals surface area contributed by atoms with Gasteiger partial charge in [-0.1, -0.05) is 41.9 Å². The van der Waals surface area contributed by atoms with E-state index >= 15 is 0 Å². The van der Waals surface area contributed by atoms with Crippen molar-refractivity contribution in [3.8, 4) is 0 Å². The van der Waals surface area contributed by atoms with Crippen molar-refractivity contribution in [2.45, 2.75) is 24.7 Å². The first-order chi connectivity index (χ1) is 10.9. The smallest absolute Gasteiger partial charge is 0.364 e. The second kappa shape index (κ2) is 7.45. The maximum atomic E-state index is 12.9. The molecular weight excluding hydrogens is 360 g/mol. The third-order valence-corrected chi connectivity index (χ3v) is 3.93. The monoisotopic (exact) mass is 374 g/mol. The molecule has 1 aliphatic heterocycles. The van der Waals surface area contributed by atoms with Crippen LogP contribution >= 0.6 is 24.0 Å². The van der Waals surface area contributed by atoms with Crippen LogP contribution in [0.3, 0.4) is 0 Å². The lowest BCUT2D eigenvalue weighted by Gasteiger charge is -2.20. The molecule has 2 nitrogen and oxygen atoms in total. The highest BCUT2D eigenvalue weighted by Gasteiger charge is 2.39. The molecule has 7 heteroatoms. The Hall–Kier alpha value is -1.72. The Labute approximate surface area is 149 Å². The number of aliphatic imine (C=N–C) groups is 1. The normalized spacial score (nSPS) is 20.1. The molecule has 2 aromatic carbocycles. The van der Waals surface area contributed by atoms with E-state index in [2.05, 4.69) is 10.3 Å². The number of nitrogens with one attached hydrogen (secondary N) is 1. The quantitative estimate of drug-likeness (QED) is 0.786. The second-order valence-electron chi connectivity index (χ2n) is 5.41. The van der Waals surface area contributed by atoms with Crippen molar-refractivity contribution in [3.05, 3.63) is 70.7 Å². The minimum Gasteiger partial charge on any atom is -0.364 e. The molecule has 0 saturated carbocycles. The molecule has 0 unspecified atom stereocenters. The van der Waals surface area contributed by atoms with Crippen LogP contribution in [0, 0.1) is 0 Å². The molecular formula is C17H15Cl2F3N2. The van der Waals surface area contributed by atoms with Gasteiger partial charge in [0.15, 0.2) is 0 Å². The van der Waals surface area contributed by atoms with Crippen LogP contribution in [-0.4, -0.2) is 18.1 Å². The number of alkyl halides is 3. The third kappa shape index (κ3) is 4.42. The largest absolute Gasteiger partial charge is 0.391 e. The van der Waals surface area contributed by atoms with Crippen LogP contribution in [0.4, 0.5) is 13.2 Å². The van der Waals surface area contributed by atoms with Gasteiger partial charge in [0.25, 0.3) is 0 Å². The van der Waals surface area contributed by atoms with E-state index in [0.717, 1.165) is 11.1 Å². The van der Waals surface area contributed by atoms with Gasteiger partial charge in [-0.25, -0.2) is 0 Å². The summed E-state index contributed by atoms with van der Waals surface area (Å²) in [6, 6.07) is 14.5. The van der Waals surface area contributed by atoms with Crippen molar-refractivity contribution in [2.75, 3.05) is 0 Å². The summed E-state index contributed by atoms with van der Waals surface area (Å²) in [5, 5.41) is 3.49. The Bertz CT molecular complexity index is 700. The van der Waals surface area contributed by atoms with Crippen molar-refractivity contribution in [1.82, 2.24) is 5.32 Å². The van der Waals surface area contributed by atoms with Gasteiger partial charge in [-0.3, -0.25) is 4.99 Å². The number of halogens is 5. The van der Waals surface area contributed by atoms with Gasteiger partial charge in [0.2, 0.25) is 0 Å². The predicted octanol–water partition coefficient (Wildman–Crippen LogP) is 5.17. The van der Waals surface area contributed by atoms with Crippen LogP contribution in [0.1, 0.15) is 23.6 Å². The summed E-state index contributed by atoms with van der Waals surface area (Å²) < 4.78 is 38.6. The maximum Gasteiger partial charge on any atom is 0.391 e. The minimum absolute atomic E-state index is 0. The number of nitrogens with zero attached hydrogens (tertiary/aromatic N) is 1. The number of benzene rings is 2. The number of amidine groups is 1. The molecule has 2 atom stereocenters. The van der Waals surface area contributed by atoms with Crippen LogP contribution < -0.4 is 5.32 Å². The molecule has 0 aromatic heterocycles. The summed E-state index contributed by atoms with van der Waals surface area (Å²) in [4.78, 5) is 4.49. The highest BCUT2D eigenvalue weighted by atomic mass is 35.5.